The minimum absolute atomic E-state index is 0.455. The van der Waals surface area contributed by atoms with Gasteiger partial charge in [-0.25, -0.2) is 4.79 Å². The Morgan fingerprint density at radius 3 is 1.89 bits per heavy atom. The van der Waals surface area contributed by atoms with Crippen molar-refractivity contribution >= 4 is 17.7 Å². The molecule has 18 heavy (non-hydrogen) atoms. The number of carbonyl (C=O) groups is 3. The van der Waals surface area contributed by atoms with Crippen molar-refractivity contribution in [3.05, 3.63) is 0 Å². The third kappa shape index (κ3) is 7.04. The van der Waals surface area contributed by atoms with Gasteiger partial charge < -0.3 is 9.64 Å². The second-order valence-corrected chi connectivity index (χ2v) is 4.23. The lowest BCUT2D eigenvalue weighted by Gasteiger charge is -2.21. The summed E-state index contributed by atoms with van der Waals surface area (Å²) in [5.74, 6) is -1.26. The second kappa shape index (κ2) is 9.62. The van der Waals surface area contributed by atoms with Crippen molar-refractivity contribution in [3.63, 3.8) is 0 Å². The third-order valence-corrected chi connectivity index (χ3v) is 2.54. The molecule has 0 aromatic carbocycles. The molecule has 0 aromatic heterocycles. The summed E-state index contributed by atoms with van der Waals surface area (Å²) in [5.41, 5.74) is 0. The molecule has 0 fully saturated rings. The Labute approximate surface area is 108 Å². The minimum atomic E-state index is -0.672. The first-order valence-electron chi connectivity index (χ1n) is 6.48. The van der Waals surface area contributed by atoms with Gasteiger partial charge in [0.25, 0.3) is 0 Å². The fraction of sp³-hybridized carbons (Fsp3) is 0.769. The molecule has 0 unspecified atom stereocenters. The van der Waals surface area contributed by atoms with Crippen molar-refractivity contribution in [1.82, 2.24) is 4.90 Å². The molecular formula is C13H23NO4. The first-order valence-corrected chi connectivity index (χ1v) is 6.48. The van der Waals surface area contributed by atoms with E-state index < -0.39 is 24.3 Å². The molecule has 0 aliphatic heterocycles. The Balaban J connectivity index is 4.18. The lowest BCUT2D eigenvalue weighted by atomic mass is 10.3. The maximum Gasteiger partial charge on any atom is 0.410 e. The first kappa shape index (κ1) is 16.6. The zero-order chi connectivity index (χ0) is 14.0. The van der Waals surface area contributed by atoms with Gasteiger partial charge in [0, 0.05) is 20.0 Å². The Morgan fingerprint density at radius 2 is 1.50 bits per heavy atom. The zero-order valence-electron chi connectivity index (χ0n) is 11.5. The minimum Gasteiger partial charge on any atom is -0.441 e. The molecule has 5 nitrogen and oxygen atoms in total. The van der Waals surface area contributed by atoms with E-state index >= 15 is 0 Å². The monoisotopic (exact) mass is 257 g/mol. The van der Waals surface area contributed by atoms with E-state index in [0.29, 0.717) is 13.1 Å². The van der Waals surface area contributed by atoms with E-state index in [9.17, 15) is 14.4 Å². The third-order valence-electron chi connectivity index (χ3n) is 2.54. The van der Waals surface area contributed by atoms with Crippen molar-refractivity contribution in [1.29, 1.82) is 0 Å². The number of amides is 1. The highest BCUT2D eigenvalue weighted by atomic mass is 16.6. The summed E-state index contributed by atoms with van der Waals surface area (Å²) in [6.07, 6.45) is 3.27. The Bertz CT molecular complexity index is 281. The van der Waals surface area contributed by atoms with Crippen molar-refractivity contribution in [2.45, 2.75) is 46.5 Å². The fourth-order valence-electron chi connectivity index (χ4n) is 1.31. The van der Waals surface area contributed by atoms with Gasteiger partial charge in [-0.15, -0.1) is 0 Å². The van der Waals surface area contributed by atoms with E-state index in [1.807, 2.05) is 13.8 Å². The van der Waals surface area contributed by atoms with Gasteiger partial charge in [-0.2, -0.15) is 0 Å². The molecule has 0 aromatic rings. The van der Waals surface area contributed by atoms with Crippen LogP contribution in [-0.2, 0) is 14.3 Å². The normalized spacial score (nSPS) is 9.94. The molecule has 0 saturated heterocycles. The quantitative estimate of drug-likeness (QED) is 0.594. The molecule has 0 radical (unpaired) electrons. The van der Waals surface area contributed by atoms with Crippen molar-refractivity contribution < 1.29 is 19.1 Å². The van der Waals surface area contributed by atoms with Gasteiger partial charge in [0.05, 0.1) is 0 Å². The Morgan fingerprint density at radius 1 is 1.00 bits per heavy atom. The second-order valence-electron chi connectivity index (χ2n) is 4.23. The van der Waals surface area contributed by atoms with Gasteiger partial charge >= 0.3 is 6.09 Å². The number of rotatable bonds is 9. The average molecular weight is 257 g/mol. The van der Waals surface area contributed by atoms with Crippen LogP contribution in [0.2, 0.25) is 0 Å². The predicted molar refractivity (Wildman–Crippen MR) is 68.4 cm³/mol. The van der Waals surface area contributed by atoms with Gasteiger partial charge in [0.15, 0.2) is 12.4 Å². The van der Waals surface area contributed by atoms with Crippen LogP contribution in [0, 0.1) is 0 Å². The zero-order valence-corrected chi connectivity index (χ0v) is 11.5. The van der Waals surface area contributed by atoms with Crippen LogP contribution in [0.4, 0.5) is 4.79 Å². The van der Waals surface area contributed by atoms with Crippen molar-refractivity contribution in [2.75, 3.05) is 19.7 Å². The Kier molecular flexibility index (Phi) is 8.88. The van der Waals surface area contributed by atoms with Gasteiger partial charge in [-0.3, -0.25) is 9.59 Å². The van der Waals surface area contributed by atoms with Crippen LogP contribution < -0.4 is 0 Å². The molecule has 5 heteroatoms. The molecule has 0 bridgehead atoms. The maximum atomic E-state index is 11.7. The molecule has 0 saturated carbocycles. The summed E-state index contributed by atoms with van der Waals surface area (Å²) in [6, 6.07) is 0. The average Bonchev–Trinajstić information content (AvgIpc) is 2.35. The number of ether oxygens (including phenoxy) is 1. The number of ketones is 2. The highest BCUT2D eigenvalue weighted by molar-refractivity contribution is 6.36. The van der Waals surface area contributed by atoms with E-state index in [0.717, 1.165) is 25.7 Å². The van der Waals surface area contributed by atoms with Crippen LogP contribution >= 0.6 is 0 Å². The largest absolute Gasteiger partial charge is 0.441 e. The van der Waals surface area contributed by atoms with Crippen LogP contribution in [0.5, 0.6) is 0 Å². The molecule has 0 spiro atoms. The van der Waals surface area contributed by atoms with Crippen molar-refractivity contribution in [3.8, 4) is 0 Å². The number of hydrogen-bond acceptors (Lipinski definition) is 4. The molecule has 0 rings (SSSR count). The highest BCUT2D eigenvalue weighted by Gasteiger charge is 2.16. The number of Topliss-reactive ketones (excluding diaryl/α,β-unsaturated/α-hetero) is 2. The smallest absolute Gasteiger partial charge is 0.410 e. The van der Waals surface area contributed by atoms with Gasteiger partial charge in [-0.05, 0) is 12.8 Å². The SMILES string of the molecule is CCCCN(CCCC)C(=O)OCC(=O)C(C)=O. The fourth-order valence-corrected chi connectivity index (χ4v) is 1.31. The van der Waals surface area contributed by atoms with Crippen LogP contribution in [0.1, 0.15) is 46.5 Å². The number of unbranched alkanes of at least 4 members (excludes halogenated alkanes) is 2. The van der Waals surface area contributed by atoms with Crippen LogP contribution in [0.3, 0.4) is 0 Å². The van der Waals surface area contributed by atoms with Gasteiger partial charge in [-0.1, -0.05) is 26.7 Å². The van der Waals surface area contributed by atoms with E-state index in [2.05, 4.69) is 0 Å². The summed E-state index contributed by atoms with van der Waals surface area (Å²) in [7, 11) is 0. The highest BCUT2D eigenvalue weighted by Crippen LogP contribution is 2.02. The van der Waals surface area contributed by atoms with Crippen LogP contribution in [-0.4, -0.2) is 42.3 Å². The topological polar surface area (TPSA) is 63.7 Å². The molecule has 0 heterocycles. The summed E-state index contributed by atoms with van der Waals surface area (Å²) in [4.78, 5) is 35.1. The van der Waals surface area contributed by atoms with Gasteiger partial charge in [0.1, 0.15) is 0 Å². The van der Waals surface area contributed by atoms with Gasteiger partial charge in [0.2, 0.25) is 5.78 Å². The predicted octanol–water partition coefficient (Wildman–Crippen LogP) is 2.18. The maximum absolute atomic E-state index is 11.7. The Hall–Kier alpha value is -1.39. The molecule has 0 N–H and O–H groups in total. The van der Waals surface area contributed by atoms with E-state index in [4.69, 9.17) is 4.74 Å². The van der Waals surface area contributed by atoms with Crippen LogP contribution in [0.15, 0.2) is 0 Å². The van der Waals surface area contributed by atoms with E-state index in [-0.39, 0.29) is 0 Å². The number of hydrogen-bond donors (Lipinski definition) is 0. The summed E-state index contributed by atoms with van der Waals surface area (Å²) < 4.78 is 4.84. The number of nitrogens with zero attached hydrogens (tertiary/aromatic N) is 1. The standard InChI is InChI=1S/C13H23NO4/c1-4-6-8-14(9-7-5-2)13(17)18-10-12(16)11(3)15/h4-10H2,1-3H3. The number of carbonyl (C=O) groups excluding carboxylic acids is 3. The molecule has 0 aliphatic rings. The lowest BCUT2D eigenvalue weighted by Crippen LogP contribution is -2.35. The summed E-state index contributed by atoms with van der Waals surface area (Å²) >= 11 is 0. The van der Waals surface area contributed by atoms with Crippen LogP contribution in [0.25, 0.3) is 0 Å². The van der Waals surface area contributed by atoms with E-state index in [1.54, 1.807) is 4.90 Å². The molecule has 0 atom stereocenters. The lowest BCUT2D eigenvalue weighted by molar-refractivity contribution is -0.137. The molecule has 1 amide bonds. The van der Waals surface area contributed by atoms with E-state index in [1.165, 1.54) is 6.92 Å². The molecule has 0 aliphatic carbocycles. The molecule has 104 valence electrons. The summed E-state index contributed by atoms with van der Waals surface area (Å²) in [5, 5.41) is 0. The summed E-state index contributed by atoms with van der Waals surface area (Å²) in [6.45, 7) is 6.06. The van der Waals surface area contributed by atoms with Crippen molar-refractivity contribution in [2.24, 2.45) is 0 Å². The molecular weight excluding hydrogens is 234 g/mol. The first-order chi connectivity index (χ1) is 8.52.